The highest BCUT2D eigenvalue weighted by molar-refractivity contribution is 6.31. The maximum Gasteiger partial charge on any atom is 0.351 e. The Bertz CT molecular complexity index is 1180. The van der Waals surface area contributed by atoms with Crippen molar-refractivity contribution in [2.75, 3.05) is 0 Å². The molecule has 1 N–H and O–H groups in total. The number of hydrogen-bond donors (Lipinski definition) is 1. The van der Waals surface area contributed by atoms with E-state index in [1.54, 1.807) is 54.6 Å². The summed E-state index contributed by atoms with van der Waals surface area (Å²) in [5.41, 5.74) is 1.71. The van der Waals surface area contributed by atoms with Crippen LogP contribution in [-0.2, 0) is 25.7 Å². The lowest BCUT2D eigenvalue weighted by Gasteiger charge is -2.14. The number of aliphatic imine (C=N–C) groups is 1. The van der Waals surface area contributed by atoms with Crippen molar-refractivity contribution in [2.24, 2.45) is 4.99 Å². The molecule has 0 spiro atoms. The van der Waals surface area contributed by atoms with Crippen LogP contribution in [0, 0.1) is 0 Å². The predicted octanol–water partition coefficient (Wildman–Crippen LogP) is 4.69. The summed E-state index contributed by atoms with van der Waals surface area (Å²) >= 11 is 0. The number of aliphatic hydroxyl groups is 1. The number of ether oxygens (including phenoxy) is 1. The average molecular weight is 441 g/mol. The minimum Gasteiger partial charge on any atom is -0.506 e. The topological polar surface area (TPSA) is 93.0 Å². The van der Waals surface area contributed by atoms with E-state index >= 15 is 0 Å². The van der Waals surface area contributed by atoms with Gasteiger partial charge in [0, 0.05) is 11.1 Å². The number of nitrogens with zero attached hydrogens (tertiary/aromatic N) is 1. The Hall–Kier alpha value is -4.32. The molecule has 166 valence electrons. The van der Waals surface area contributed by atoms with E-state index in [1.165, 1.54) is 6.92 Å². The van der Waals surface area contributed by atoms with E-state index in [0.29, 0.717) is 11.1 Å². The minimum atomic E-state index is -1.08. The molecule has 0 aliphatic heterocycles. The Morgan fingerprint density at radius 1 is 0.788 bits per heavy atom. The molecule has 0 aliphatic carbocycles. The third-order valence-electron chi connectivity index (χ3n) is 4.63. The Morgan fingerprint density at radius 2 is 1.30 bits per heavy atom. The standard InChI is InChI=1S/C27H23NO5/c1-19(29)17-23(30)33-27(32)24(26(31)22-15-9-4-10-16-22)25(21-13-7-3-8-14-21)28-18-20-11-5-2-6-12-20/h2-16,31H,17-18H2,1H3. The molecule has 0 saturated heterocycles. The largest absolute Gasteiger partial charge is 0.506 e. The van der Waals surface area contributed by atoms with Crippen LogP contribution in [0.3, 0.4) is 0 Å². The Labute approximate surface area is 191 Å². The van der Waals surface area contributed by atoms with Crippen molar-refractivity contribution >= 4 is 29.2 Å². The van der Waals surface area contributed by atoms with Crippen molar-refractivity contribution in [3.05, 3.63) is 113 Å². The number of ketones is 1. The van der Waals surface area contributed by atoms with Crippen LogP contribution < -0.4 is 0 Å². The predicted molar refractivity (Wildman–Crippen MR) is 126 cm³/mol. The molecule has 0 aromatic heterocycles. The van der Waals surface area contributed by atoms with Crippen molar-refractivity contribution in [3.63, 3.8) is 0 Å². The van der Waals surface area contributed by atoms with E-state index in [1.807, 2.05) is 36.4 Å². The maximum absolute atomic E-state index is 13.1. The lowest BCUT2D eigenvalue weighted by Crippen LogP contribution is -2.23. The van der Waals surface area contributed by atoms with Crippen LogP contribution in [0.25, 0.3) is 5.76 Å². The summed E-state index contributed by atoms with van der Waals surface area (Å²) in [5.74, 6) is -2.90. The van der Waals surface area contributed by atoms with Gasteiger partial charge in [-0.15, -0.1) is 0 Å². The van der Waals surface area contributed by atoms with Crippen LogP contribution in [0.1, 0.15) is 30.0 Å². The molecular weight excluding hydrogens is 418 g/mol. The second kappa shape index (κ2) is 11.3. The highest BCUT2D eigenvalue weighted by Gasteiger charge is 2.27. The zero-order valence-corrected chi connectivity index (χ0v) is 18.1. The second-order valence-corrected chi connectivity index (χ2v) is 7.25. The molecule has 0 bridgehead atoms. The summed E-state index contributed by atoms with van der Waals surface area (Å²) in [6.07, 6.45) is -0.549. The van der Waals surface area contributed by atoms with Gasteiger partial charge in [-0.25, -0.2) is 4.79 Å². The van der Waals surface area contributed by atoms with Crippen molar-refractivity contribution in [3.8, 4) is 0 Å². The normalized spacial score (nSPS) is 12.0. The van der Waals surface area contributed by atoms with Gasteiger partial charge in [0.1, 0.15) is 23.5 Å². The molecule has 3 aromatic rings. The lowest BCUT2D eigenvalue weighted by atomic mass is 9.98. The smallest absolute Gasteiger partial charge is 0.351 e. The van der Waals surface area contributed by atoms with Gasteiger partial charge in [0.25, 0.3) is 0 Å². The summed E-state index contributed by atoms with van der Waals surface area (Å²) in [6, 6.07) is 26.7. The monoisotopic (exact) mass is 441 g/mol. The van der Waals surface area contributed by atoms with Crippen LogP contribution in [0.4, 0.5) is 0 Å². The van der Waals surface area contributed by atoms with Gasteiger partial charge in [-0.2, -0.15) is 0 Å². The molecule has 0 amide bonds. The number of esters is 2. The molecule has 33 heavy (non-hydrogen) atoms. The van der Waals surface area contributed by atoms with Gasteiger partial charge in [0.05, 0.1) is 12.3 Å². The maximum atomic E-state index is 13.1. The number of rotatable bonds is 8. The Kier molecular flexibility index (Phi) is 8.02. The van der Waals surface area contributed by atoms with Gasteiger partial charge in [0.2, 0.25) is 0 Å². The Morgan fingerprint density at radius 3 is 1.85 bits per heavy atom. The molecule has 6 nitrogen and oxygen atoms in total. The van der Waals surface area contributed by atoms with Crippen LogP contribution in [0.15, 0.2) is 102 Å². The SMILES string of the molecule is CC(=O)CC(=O)OC(=O)C(C(=NCc1ccccc1)c1ccccc1)=C(O)c1ccccc1. The number of aliphatic hydroxyl groups excluding tert-OH is 1. The molecule has 0 atom stereocenters. The molecule has 6 heteroatoms. The van der Waals surface area contributed by atoms with E-state index in [0.717, 1.165) is 5.56 Å². The summed E-state index contributed by atoms with van der Waals surface area (Å²) < 4.78 is 4.92. The summed E-state index contributed by atoms with van der Waals surface area (Å²) in [6.45, 7) is 1.45. The van der Waals surface area contributed by atoms with Gasteiger partial charge in [-0.1, -0.05) is 91.0 Å². The van der Waals surface area contributed by atoms with Crippen LogP contribution in [0.2, 0.25) is 0 Å². The van der Waals surface area contributed by atoms with E-state index < -0.39 is 24.1 Å². The van der Waals surface area contributed by atoms with E-state index in [4.69, 9.17) is 4.74 Å². The number of carbonyl (C=O) groups excluding carboxylic acids is 3. The van der Waals surface area contributed by atoms with Gasteiger partial charge in [-0.3, -0.25) is 14.6 Å². The molecule has 0 radical (unpaired) electrons. The van der Waals surface area contributed by atoms with E-state index in [9.17, 15) is 19.5 Å². The third kappa shape index (κ3) is 6.58. The fraction of sp³-hybridized carbons (Fsp3) is 0.111. The van der Waals surface area contributed by atoms with Crippen molar-refractivity contribution in [1.82, 2.24) is 0 Å². The van der Waals surface area contributed by atoms with E-state index in [2.05, 4.69) is 4.99 Å². The van der Waals surface area contributed by atoms with Gasteiger partial charge in [0.15, 0.2) is 0 Å². The zero-order valence-electron chi connectivity index (χ0n) is 18.1. The average Bonchev–Trinajstić information content (AvgIpc) is 2.82. The van der Waals surface area contributed by atoms with Crippen molar-refractivity contribution < 1.29 is 24.2 Å². The Balaban J connectivity index is 2.14. The molecule has 0 unspecified atom stereocenters. The third-order valence-corrected chi connectivity index (χ3v) is 4.63. The first kappa shape index (κ1) is 23.3. The first-order chi connectivity index (χ1) is 16.0. The number of Topliss-reactive ketones (excluding diaryl/α,β-unsaturated/α-hetero) is 1. The highest BCUT2D eigenvalue weighted by Crippen LogP contribution is 2.23. The first-order valence-corrected chi connectivity index (χ1v) is 10.3. The molecule has 3 aromatic carbocycles. The number of benzene rings is 3. The summed E-state index contributed by atoms with van der Waals surface area (Å²) in [7, 11) is 0. The van der Waals surface area contributed by atoms with Crippen molar-refractivity contribution in [2.45, 2.75) is 19.9 Å². The molecule has 0 saturated carbocycles. The zero-order chi connectivity index (χ0) is 23.6. The van der Waals surface area contributed by atoms with Crippen LogP contribution in [-0.4, -0.2) is 28.5 Å². The quantitative estimate of drug-likeness (QED) is 0.180. The summed E-state index contributed by atoms with van der Waals surface area (Å²) in [4.78, 5) is 41.1. The molecule has 3 rings (SSSR count). The molecule has 0 aliphatic rings. The fourth-order valence-electron chi connectivity index (χ4n) is 3.10. The first-order valence-electron chi connectivity index (χ1n) is 10.3. The van der Waals surface area contributed by atoms with Crippen LogP contribution in [0.5, 0.6) is 0 Å². The fourth-order valence-corrected chi connectivity index (χ4v) is 3.10. The molecule has 0 heterocycles. The summed E-state index contributed by atoms with van der Waals surface area (Å²) in [5, 5.41) is 11.1. The van der Waals surface area contributed by atoms with Gasteiger partial charge < -0.3 is 9.84 Å². The highest BCUT2D eigenvalue weighted by atomic mass is 16.6. The van der Waals surface area contributed by atoms with Crippen molar-refractivity contribution in [1.29, 1.82) is 0 Å². The minimum absolute atomic E-state index is 0.168. The van der Waals surface area contributed by atoms with Gasteiger partial charge in [-0.05, 0) is 12.5 Å². The van der Waals surface area contributed by atoms with E-state index in [-0.39, 0.29) is 23.6 Å². The number of hydrogen-bond acceptors (Lipinski definition) is 6. The lowest BCUT2D eigenvalue weighted by molar-refractivity contribution is -0.157. The van der Waals surface area contributed by atoms with Crippen LogP contribution >= 0.6 is 0 Å². The number of carbonyl (C=O) groups is 3. The second-order valence-electron chi connectivity index (χ2n) is 7.25. The van der Waals surface area contributed by atoms with Gasteiger partial charge >= 0.3 is 11.9 Å². The molecular formula is C27H23NO5. The molecule has 0 fully saturated rings.